The molecule has 0 nitrogen and oxygen atoms in total. The molecule has 0 amide bonds. The van der Waals surface area contributed by atoms with Gasteiger partial charge in [0.1, 0.15) is 5.82 Å². The average Bonchev–Trinajstić information content (AvgIpc) is 2.01. The van der Waals surface area contributed by atoms with Gasteiger partial charge in [-0.2, -0.15) is 0 Å². The van der Waals surface area contributed by atoms with E-state index in [-0.39, 0.29) is 11.5 Å². The lowest BCUT2D eigenvalue weighted by Gasteiger charge is -2.18. The van der Waals surface area contributed by atoms with Crippen LogP contribution in [-0.4, -0.2) is 0 Å². The van der Waals surface area contributed by atoms with Crippen LogP contribution in [0.3, 0.4) is 0 Å². The molecule has 0 aromatic heterocycles. The van der Waals surface area contributed by atoms with Gasteiger partial charge in [-0.1, -0.05) is 19.9 Å². The maximum Gasteiger partial charge on any atom is 0.270 e. The summed E-state index contributed by atoms with van der Waals surface area (Å²) in [5.74, 6) is -3.64. The van der Waals surface area contributed by atoms with E-state index in [1.807, 2.05) is 13.8 Å². The molecule has 0 spiro atoms. The molecule has 0 saturated heterocycles. The van der Waals surface area contributed by atoms with Gasteiger partial charge in [0.25, 0.3) is 5.92 Å². The van der Waals surface area contributed by atoms with Gasteiger partial charge in [0.2, 0.25) is 0 Å². The topological polar surface area (TPSA) is 0 Å². The van der Waals surface area contributed by atoms with Crippen molar-refractivity contribution in [2.75, 3.05) is 0 Å². The van der Waals surface area contributed by atoms with E-state index in [1.54, 1.807) is 0 Å². The fraction of sp³-hybridized carbons (Fsp3) is 0.455. The molecule has 0 saturated carbocycles. The van der Waals surface area contributed by atoms with Crippen LogP contribution in [0.5, 0.6) is 0 Å². The second kappa shape index (κ2) is 3.64. The summed E-state index contributed by atoms with van der Waals surface area (Å²) in [6.07, 6.45) is 0. The third-order valence-corrected chi connectivity index (χ3v) is 2.11. The summed E-state index contributed by atoms with van der Waals surface area (Å²) in [6, 6.07) is 3.55. The first-order valence-corrected chi connectivity index (χ1v) is 4.50. The van der Waals surface area contributed by atoms with Crippen molar-refractivity contribution in [2.45, 2.75) is 32.6 Å². The summed E-state index contributed by atoms with van der Waals surface area (Å²) in [5, 5.41) is 0. The highest BCUT2D eigenvalue weighted by molar-refractivity contribution is 5.33. The van der Waals surface area contributed by atoms with Crippen LogP contribution in [0.25, 0.3) is 0 Å². The standard InChI is InChI=1S/C11H13F3/c1-7(2)9-5-4-8(12)6-10(9)11(3,13)14/h4-7H,1-3H3. The number of hydrogen-bond donors (Lipinski definition) is 0. The molecule has 1 aromatic carbocycles. The van der Waals surface area contributed by atoms with Crippen molar-refractivity contribution in [1.29, 1.82) is 0 Å². The first-order valence-electron chi connectivity index (χ1n) is 4.50. The summed E-state index contributed by atoms with van der Waals surface area (Å²) in [5.41, 5.74) is 0.284. The largest absolute Gasteiger partial charge is 0.270 e. The van der Waals surface area contributed by atoms with Crippen LogP contribution < -0.4 is 0 Å². The Morgan fingerprint density at radius 1 is 1.21 bits per heavy atom. The fourth-order valence-electron chi connectivity index (χ4n) is 1.41. The van der Waals surface area contributed by atoms with Gasteiger partial charge in [-0.05, 0) is 23.6 Å². The van der Waals surface area contributed by atoms with Gasteiger partial charge in [0.05, 0.1) is 0 Å². The Labute approximate surface area is 81.8 Å². The van der Waals surface area contributed by atoms with Crippen LogP contribution >= 0.6 is 0 Å². The molecule has 0 N–H and O–H groups in total. The Bertz CT molecular complexity index is 324. The Morgan fingerprint density at radius 3 is 2.21 bits per heavy atom. The highest BCUT2D eigenvalue weighted by atomic mass is 19.3. The molecule has 78 valence electrons. The van der Waals surface area contributed by atoms with E-state index in [4.69, 9.17) is 0 Å². The molecule has 0 unspecified atom stereocenters. The maximum atomic E-state index is 13.1. The summed E-state index contributed by atoms with van der Waals surface area (Å²) in [7, 11) is 0. The van der Waals surface area contributed by atoms with E-state index in [1.165, 1.54) is 12.1 Å². The van der Waals surface area contributed by atoms with Gasteiger partial charge < -0.3 is 0 Å². The Morgan fingerprint density at radius 2 is 1.79 bits per heavy atom. The fourth-order valence-corrected chi connectivity index (χ4v) is 1.41. The van der Waals surface area contributed by atoms with Crippen LogP contribution in [0.2, 0.25) is 0 Å². The lowest BCUT2D eigenvalue weighted by Crippen LogP contribution is -2.12. The lowest BCUT2D eigenvalue weighted by molar-refractivity contribution is 0.0160. The first kappa shape index (κ1) is 11.1. The molecule has 0 radical (unpaired) electrons. The SMILES string of the molecule is CC(C)c1ccc(F)cc1C(C)(F)F. The van der Waals surface area contributed by atoms with Crippen LogP contribution in [0.15, 0.2) is 18.2 Å². The molecule has 0 fully saturated rings. The molecule has 0 aliphatic rings. The van der Waals surface area contributed by atoms with Gasteiger partial charge in [0, 0.05) is 12.5 Å². The van der Waals surface area contributed by atoms with Crippen molar-refractivity contribution in [1.82, 2.24) is 0 Å². The van der Waals surface area contributed by atoms with Gasteiger partial charge in [-0.3, -0.25) is 0 Å². The molecular formula is C11H13F3. The van der Waals surface area contributed by atoms with Crippen LogP contribution in [0.1, 0.15) is 37.8 Å². The number of halogens is 3. The first-order chi connectivity index (χ1) is 6.32. The molecule has 14 heavy (non-hydrogen) atoms. The normalized spacial score (nSPS) is 12.2. The summed E-state index contributed by atoms with van der Waals surface area (Å²) >= 11 is 0. The second-order valence-electron chi connectivity index (χ2n) is 3.77. The van der Waals surface area contributed by atoms with Crippen molar-refractivity contribution in [3.8, 4) is 0 Å². The number of rotatable bonds is 2. The number of alkyl halides is 2. The monoisotopic (exact) mass is 202 g/mol. The van der Waals surface area contributed by atoms with E-state index in [9.17, 15) is 13.2 Å². The van der Waals surface area contributed by atoms with Gasteiger partial charge in [0.15, 0.2) is 0 Å². The average molecular weight is 202 g/mol. The van der Waals surface area contributed by atoms with Crippen LogP contribution in [0.4, 0.5) is 13.2 Å². The van der Waals surface area contributed by atoms with Crippen LogP contribution in [0, 0.1) is 5.82 Å². The van der Waals surface area contributed by atoms with Crippen LogP contribution in [-0.2, 0) is 5.92 Å². The Hall–Kier alpha value is -0.990. The maximum absolute atomic E-state index is 13.1. The second-order valence-corrected chi connectivity index (χ2v) is 3.77. The Balaban J connectivity index is 3.30. The molecule has 0 atom stereocenters. The third kappa shape index (κ3) is 2.28. The third-order valence-electron chi connectivity index (χ3n) is 2.11. The molecule has 1 rings (SSSR count). The molecule has 3 heteroatoms. The molecule has 0 heterocycles. The molecule has 0 aliphatic carbocycles. The number of hydrogen-bond acceptors (Lipinski definition) is 0. The molecule has 0 aliphatic heterocycles. The highest BCUT2D eigenvalue weighted by Crippen LogP contribution is 2.33. The van der Waals surface area contributed by atoms with Gasteiger partial charge in [-0.15, -0.1) is 0 Å². The quantitative estimate of drug-likeness (QED) is 0.678. The highest BCUT2D eigenvalue weighted by Gasteiger charge is 2.28. The molecular weight excluding hydrogens is 189 g/mol. The minimum absolute atomic E-state index is 0.0311. The van der Waals surface area contributed by atoms with E-state index < -0.39 is 11.7 Å². The minimum Gasteiger partial charge on any atom is -0.207 e. The summed E-state index contributed by atoms with van der Waals surface area (Å²) in [6.45, 7) is 4.40. The zero-order valence-corrected chi connectivity index (χ0v) is 8.44. The predicted octanol–water partition coefficient (Wildman–Crippen LogP) is 4.06. The smallest absolute Gasteiger partial charge is 0.207 e. The van der Waals surface area contributed by atoms with E-state index in [2.05, 4.69) is 0 Å². The van der Waals surface area contributed by atoms with E-state index in [0.717, 1.165) is 13.0 Å². The van der Waals surface area contributed by atoms with E-state index >= 15 is 0 Å². The lowest BCUT2D eigenvalue weighted by atomic mass is 9.94. The molecule has 0 bridgehead atoms. The number of benzene rings is 1. The summed E-state index contributed by atoms with van der Waals surface area (Å²) < 4.78 is 39.0. The molecule has 1 aromatic rings. The van der Waals surface area contributed by atoms with Crippen molar-refractivity contribution in [2.24, 2.45) is 0 Å². The van der Waals surface area contributed by atoms with Gasteiger partial charge in [-0.25, -0.2) is 13.2 Å². The zero-order valence-electron chi connectivity index (χ0n) is 8.44. The Kier molecular flexibility index (Phi) is 2.88. The zero-order chi connectivity index (χ0) is 10.9. The van der Waals surface area contributed by atoms with Crippen molar-refractivity contribution >= 4 is 0 Å². The van der Waals surface area contributed by atoms with Gasteiger partial charge >= 0.3 is 0 Å². The minimum atomic E-state index is -2.98. The van der Waals surface area contributed by atoms with Crippen molar-refractivity contribution < 1.29 is 13.2 Å². The predicted molar refractivity (Wildman–Crippen MR) is 50.1 cm³/mol. The summed E-state index contributed by atoms with van der Waals surface area (Å²) in [4.78, 5) is 0. The van der Waals surface area contributed by atoms with Crippen molar-refractivity contribution in [3.05, 3.63) is 35.1 Å². The van der Waals surface area contributed by atoms with E-state index in [0.29, 0.717) is 5.56 Å². The van der Waals surface area contributed by atoms with Crippen molar-refractivity contribution in [3.63, 3.8) is 0 Å².